The summed E-state index contributed by atoms with van der Waals surface area (Å²) in [5.41, 5.74) is 0.717. The number of carbonyl (C=O) groups excluding carboxylic acids is 2. The van der Waals surface area contributed by atoms with Crippen LogP contribution in [0.25, 0.3) is 0 Å². The molecular formula is C17H22ClN3O2. The van der Waals surface area contributed by atoms with Gasteiger partial charge < -0.3 is 15.5 Å². The minimum absolute atomic E-state index is 0.0316. The second-order valence-electron chi connectivity index (χ2n) is 6.35. The molecule has 23 heavy (non-hydrogen) atoms. The van der Waals surface area contributed by atoms with Gasteiger partial charge in [0, 0.05) is 12.5 Å². The zero-order chi connectivity index (χ0) is 16.4. The average molecular weight is 336 g/mol. The maximum absolute atomic E-state index is 12.7. The molecule has 2 N–H and O–H groups in total. The number of hydrogen-bond acceptors (Lipinski definition) is 3. The van der Waals surface area contributed by atoms with E-state index < -0.39 is 6.04 Å². The molecule has 2 heterocycles. The fourth-order valence-corrected chi connectivity index (χ4v) is 3.34. The first kappa shape index (κ1) is 16.3. The van der Waals surface area contributed by atoms with Gasteiger partial charge in [-0.2, -0.15) is 0 Å². The van der Waals surface area contributed by atoms with Gasteiger partial charge in [0.15, 0.2) is 0 Å². The highest BCUT2D eigenvalue weighted by atomic mass is 35.5. The Hall–Kier alpha value is -1.59. The Kier molecular flexibility index (Phi) is 4.87. The van der Waals surface area contributed by atoms with E-state index in [2.05, 4.69) is 10.6 Å². The van der Waals surface area contributed by atoms with Crippen LogP contribution in [0.1, 0.15) is 19.8 Å². The molecule has 124 valence electrons. The number of anilines is 1. The van der Waals surface area contributed by atoms with Crippen LogP contribution in [0.15, 0.2) is 24.3 Å². The third-order valence-electron chi connectivity index (χ3n) is 4.83. The molecule has 0 radical (unpaired) electrons. The van der Waals surface area contributed by atoms with E-state index in [9.17, 15) is 9.59 Å². The average Bonchev–Trinajstić information content (AvgIpc) is 2.48. The molecule has 2 aliphatic rings. The van der Waals surface area contributed by atoms with Crippen molar-refractivity contribution in [2.75, 3.05) is 24.5 Å². The summed E-state index contributed by atoms with van der Waals surface area (Å²) >= 11 is 6.21. The molecule has 2 fully saturated rings. The van der Waals surface area contributed by atoms with Crippen LogP contribution in [0, 0.1) is 11.8 Å². The minimum Gasteiger partial charge on any atom is -0.344 e. The second-order valence-corrected chi connectivity index (χ2v) is 6.76. The number of halogens is 1. The van der Waals surface area contributed by atoms with Crippen LogP contribution < -0.4 is 15.5 Å². The van der Waals surface area contributed by atoms with Gasteiger partial charge in [-0.05, 0) is 44.0 Å². The number of nitrogens with one attached hydrogen (secondary N) is 2. The smallest absolute Gasteiger partial charge is 0.249 e. The van der Waals surface area contributed by atoms with Crippen molar-refractivity contribution in [1.29, 1.82) is 0 Å². The summed E-state index contributed by atoms with van der Waals surface area (Å²) in [4.78, 5) is 26.8. The zero-order valence-corrected chi connectivity index (χ0v) is 14.0. The molecule has 1 aromatic rings. The van der Waals surface area contributed by atoms with E-state index in [1.807, 2.05) is 25.1 Å². The summed E-state index contributed by atoms with van der Waals surface area (Å²) in [6.07, 6.45) is 1.53. The van der Waals surface area contributed by atoms with Gasteiger partial charge in [0.1, 0.15) is 6.04 Å². The normalized spacial score (nSPS) is 23.3. The van der Waals surface area contributed by atoms with Gasteiger partial charge >= 0.3 is 0 Å². The molecule has 6 heteroatoms. The van der Waals surface area contributed by atoms with E-state index in [-0.39, 0.29) is 17.7 Å². The molecule has 0 spiro atoms. The van der Waals surface area contributed by atoms with Gasteiger partial charge in [-0.15, -0.1) is 0 Å². The third-order valence-corrected chi connectivity index (χ3v) is 5.15. The van der Waals surface area contributed by atoms with Crippen molar-refractivity contribution >= 4 is 29.1 Å². The molecule has 0 aromatic heterocycles. The number of carbonyl (C=O) groups is 2. The predicted molar refractivity (Wildman–Crippen MR) is 90.5 cm³/mol. The molecular weight excluding hydrogens is 314 g/mol. The Morgan fingerprint density at radius 1 is 1.39 bits per heavy atom. The molecule has 5 nitrogen and oxygen atoms in total. The highest BCUT2D eigenvalue weighted by Crippen LogP contribution is 2.28. The lowest BCUT2D eigenvalue weighted by molar-refractivity contribution is -0.132. The summed E-state index contributed by atoms with van der Waals surface area (Å²) < 4.78 is 0. The Morgan fingerprint density at radius 2 is 2.13 bits per heavy atom. The van der Waals surface area contributed by atoms with Gasteiger partial charge in [0.05, 0.1) is 10.7 Å². The van der Waals surface area contributed by atoms with Gasteiger partial charge in [0.2, 0.25) is 11.8 Å². The maximum Gasteiger partial charge on any atom is 0.249 e. The van der Waals surface area contributed by atoms with Crippen LogP contribution >= 0.6 is 11.6 Å². The zero-order valence-electron chi connectivity index (χ0n) is 13.2. The number of benzene rings is 1. The molecule has 3 rings (SSSR count). The summed E-state index contributed by atoms with van der Waals surface area (Å²) in [5.74, 6) is 0.195. The number of piperidine rings is 1. The van der Waals surface area contributed by atoms with Gasteiger partial charge in [-0.25, -0.2) is 0 Å². The van der Waals surface area contributed by atoms with Crippen LogP contribution in [0.2, 0.25) is 5.02 Å². The van der Waals surface area contributed by atoms with Gasteiger partial charge in [0.25, 0.3) is 0 Å². The SMILES string of the molecule is CC(C(=O)NC1CCCN(c2ccccc2Cl)C1=O)C1CNC1. The van der Waals surface area contributed by atoms with Crippen molar-refractivity contribution in [3.05, 3.63) is 29.3 Å². The first-order chi connectivity index (χ1) is 11.1. The summed E-state index contributed by atoms with van der Waals surface area (Å²) in [6.45, 7) is 4.31. The fourth-order valence-electron chi connectivity index (χ4n) is 3.10. The molecule has 2 saturated heterocycles. The van der Waals surface area contributed by atoms with E-state index in [1.165, 1.54) is 0 Å². The Balaban J connectivity index is 1.67. The lowest BCUT2D eigenvalue weighted by atomic mass is 9.88. The van der Waals surface area contributed by atoms with Crippen molar-refractivity contribution in [2.24, 2.45) is 11.8 Å². The number of para-hydroxylation sites is 1. The van der Waals surface area contributed by atoms with Gasteiger partial charge in [-0.3, -0.25) is 9.59 Å². The van der Waals surface area contributed by atoms with Crippen LogP contribution in [-0.2, 0) is 9.59 Å². The van der Waals surface area contributed by atoms with Gasteiger partial charge in [-0.1, -0.05) is 30.7 Å². The van der Waals surface area contributed by atoms with Crippen molar-refractivity contribution in [3.63, 3.8) is 0 Å². The van der Waals surface area contributed by atoms with E-state index in [4.69, 9.17) is 11.6 Å². The quantitative estimate of drug-likeness (QED) is 0.882. The third kappa shape index (κ3) is 3.35. The van der Waals surface area contributed by atoms with Crippen molar-refractivity contribution < 1.29 is 9.59 Å². The van der Waals surface area contributed by atoms with E-state index in [0.29, 0.717) is 29.6 Å². The second kappa shape index (κ2) is 6.89. The standard InChI is InChI=1S/C17H22ClN3O2/c1-11(12-9-19-10-12)16(22)20-14-6-4-8-21(17(14)23)15-7-3-2-5-13(15)18/h2-3,5,7,11-12,14,19H,4,6,8-10H2,1H3,(H,20,22). The number of rotatable bonds is 4. The number of nitrogens with zero attached hydrogens (tertiary/aromatic N) is 1. The lowest BCUT2D eigenvalue weighted by Crippen LogP contribution is -2.56. The highest BCUT2D eigenvalue weighted by Gasteiger charge is 2.35. The van der Waals surface area contributed by atoms with Crippen molar-refractivity contribution in [2.45, 2.75) is 25.8 Å². The highest BCUT2D eigenvalue weighted by molar-refractivity contribution is 6.33. The van der Waals surface area contributed by atoms with Crippen LogP contribution in [0.5, 0.6) is 0 Å². The summed E-state index contributed by atoms with van der Waals surface area (Å²) in [7, 11) is 0. The van der Waals surface area contributed by atoms with Crippen LogP contribution in [-0.4, -0.2) is 37.5 Å². The maximum atomic E-state index is 12.7. The molecule has 0 bridgehead atoms. The first-order valence-corrected chi connectivity index (χ1v) is 8.52. The van der Waals surface area contributed by atoms with E-state index in [0.717, 1.165) is 19.5 Å². The molecule has 2 amide bonds. The summed E-state index contributed by atoms with van der Waals surface area (Å²) in [6, 6.07) is 6.87. The number of amides is 2. The van der Waals surface area contributed by atoms with Crippen LogP contribution in [0.4, 0.5) is 5.69 Å². The number of hydrogen-bond donors (Lipinski definition) is 2. The summed E-state index contributed by atoms with van der Waals surface area (Å²) in [5, 5.41) is 6.67. The Bertz CT molecular complexity index is 603. The molecule has 2 unspecified atom stereocenters. The molecule has 0 aliphatic carbocycles. The Labute approximate surface area is 141 Å². The van der Waals surface area contributed by atoms with E-state index >= 15 is 0 Å². The minimum atomic E-state index is -0.456. The largest absolute Gasteiger partial charge is 0.344 e. The molecule has 0 saturated carbocycles. The monoisotopic (exact) mass is 335 g/mol. The Morgan fingerprint density at radius 3 is 2.78 bits per heavy atom. The van der Waals surface area contributed by atoms with Crippen molar-refractivity contribution in [3.8, 4) is 0 Å². The molecule has 2 aliphatic heterocycles. The molecule has 2 atom stereocenters. The first-order valence-electron chi connectivity index (χ1n) is 8.15. The fraction of sp³-hybridized carbons (Fsp3) is 0.529. The van der Waals surface area contributed by atoms with Crippen LogP contribution in [0.3, 0.4) is 0 Å². The predicted octanol–water partition coefficient (Wildman–Crippen LogP) is 1.81. The van der Waals surface area contributed by atoms with Crippen molar-refractivity contribution in [1.82, 2.24) is 10.6 Å². The topological polar surface area (TPSA) is 61.4 Å². The van der Waals surface area contributed by atoms with E-state index in [1.54, 1.807) is 11.0 Å². The molecule has 1 aromatic carbocycles. The lowest BCUT2D eigenvalue weighted by Gasteiger charge is -2.35.